The van der Waals surface area contributed by atoms with E-state index in [1.54, 1.807) is 28.0 Å². The zero-order valence-electron chi connectivity index (χ0n) is 16.9. The number of hydrogen-bond donors (Lipinski definition) is 0. The summed E-state index contributed by atoms with van der Waals surface area (Å²) in [6.45, 7) is 4.36. The number of hydrogen-bond acceptors (Lipinski definition) is 4. The fraction of sp³-hybridized carbons (Fsp3) is 0.250. The minimum Gasteiger partial charge on any atom is -0.493 e. The minimum atomic E-state index is -0.0859. The number of para-hydroxylation sites is 2. The lowest BCUT2D eigenvalue weighted by molar-refractivity contribution is -0.127. The van der Waals surface area contributed by atoms with Crippen LogP contribution in [0.15, 0.2) is 65.1 Å². The van der Waals surface area contributed by atoms with Gasteiger partial charge in [-0.2, -0.15) is 0 Å². The van der Waals surface area contributed by atoms with Crippen LogP contribution in [0.5, 0.6) is 5.75 Å². The highest BCUT2D eigenvalue weighted by Crippen LogP contribution is 2.21. The number of carbonyl (C=O) groups excluding carboxylic acids is 2. The normalized spacial score (nSPS) is 14.4. The van der Waals surface area contributed by atoms with E-state index in [0.717, 1.165) is 11.0 Å². The summed E-state index contributed by atoms with van der Waals surface area (Å²) in [5.41, 5.74) is 1.35. The van der Waals surface area contributed by atoms with Crippen molar-refractivity contribution in [1.29, 1.82) is 0 Å². The Morgan fingerprint density at radius 2 is 1.70 bits per heavy atom. The lowest BCUT2D eigenvalue weighted by Crippen LogP contribution is -2.50. The molecule has 0 bridgehead atoms. The predicted molar refractivity (Wildman–Crippen MR) is 115 cm³/mol. The molecule has 6 nitrogen and oxygen atoms in total. The van der Waals surface area contributed by atoms with Gasteiger partial charge in [-0.3, -0.25) is 9.59 Å². The molecule has 1 saturated heterocycles. The van der Waals surface area contributed by atoms with E-state index < -0.39 is 0 Å². The molecule has 4 rings (SSSR count). The maximum absolute atomic E-state index is 12.9. The van der Waals surface area contributed by atoms with Crippen LogP contribution in [-0.4, -0.2) is 54.4 Å². The molecule has 1 aliphatic rings. The van der Waals surface area contributed by atoms with Crippen molar-refractivity contribution in [1.82, 2.24) is 9.80 Å². The van der Waals surface area contributed by atoms with Crippen LogP contribution in [0.2, 0.25) is 0 Å². The summed E-state index contributed by atoms with van der Waals surface area (Å²) >= 11 is 0. The lowest BCUT2D eigenvalue weighted by atomic mass is 10.1. The number of piperazine rings is 1. The second-order valence-electron chi connectivity index (χ2n) is 7.07. The van der Waals surface area contributed by atoms with Crippen LogP contribution in [0.3, 0.4) is 0 Å². The average Bonchev–Trinajstić information content (AvgIpc) is 3.21. The number of amides is 2. The van der Waals surface area contributed by atoms with Gasteiger partial charge in [0.05, 0.1) is 12.2 Å². The maximum Gasteiger partial charge on any atom is 0.257 e. The van der Waals surface area contributed by atoms with E-state index in [2.05, 4.69) is 0 Å². The van der Waals surface area contributed by atoms with Crippen LogP contribution in [0.4, 0.5) is 0 Å². The Labute approximate surface area is 175 Å². The van der Waals surface area contributed by atoms with E-state index in [-0.39, 0.29) is 11.8 Å². The summed E-state index contributed by atoms with van der Waals surface area (Å²) in [6, 6.07) is 16.9. The first-order chi connectivity index (χ1) is 14.7. The highest BCUT2D eigenvalue weighted by atomic mass is 16.5. The van der Waals surface area contributed by atoms with Gasteiger partial charge >= 0.3 is 0 Å². The van der Waals surface area contributed by atoms with E-state index in [1.165, 1.54) is 6.08 Å². The molecule has 1 aliphatic heterocycles. The number of nitrogens with zero attached hydrogens (tertiary/aromatic N) is 2. The number of benzene rings is 2. The molecule has 30 heavy (non-hydrogen) atoms. The van der Waals surface area contributed by atoms with E-state index in [0.29, 0.717) is 49.9 Å². The molecule has 0 aliphatic carbocycles. The van der Waals surface area contributed by atoms with Crippen molar-refractivity contribution < 1.29 is 18.7 Å². The second kappa shape index (κ2) is 8.86. The number of carbonyl (C=O) groups is 2. The Bertz CT molecular complexity index is 1040. The van der Waals surface area contributed by atoms with Gasteiger partial charge in [-0.15, -0.1) is 0 Å². The zero-order valence-corrected chi connectivity index (χ0v) is 16.9. The molecule has 2 aromatic carbocycles. The third-order valence-corrected chi connectivity index (χ3v) is 5.13. The molecular weight excluding hydrogens is 380 g/mol. The molecule has 0 unspecified atom stereocenters. The molecule has 0 radical (unpaired) electrons. The van der Waals surface area contributed by atoms with Gasteiger partial charge in [-0.05, 0) is 37.3 Å². The standard InChI is InChI=1S/C24H24N2O4/c1-2-29-22-10-6-4-8-20(22)24(28)26-15-13-25(14-16-26)23(27)12-11-19-17-18-7-3-5-9-21(18)30-19/h3-12,17H,2,13-16H2,1H3/b12-11+. The third kappa shape index (κ3) is 4.22. The quantitative estimate of drug-likeness (QED) is 0.607. The first kappa shape index (κ1) is 19.8. The van der Waals surface area contributed by atoms with Gasteiger partial charge in [0.25, 0.3) is 5.91 Å². The molecule has 0 spiro atoms. The van der Waals surface area contributed by atoms with Crippen molar-refractivity contribution in [3.05, 3.63) is 72.0 Å². The maximum atomic E-state index is 12.9. The van der Waals surface area contributed by atoms with Crippen LogP contribution >= 0.6 is 0 Å². The van der Waals surface area contributed by atoms with Gasteiger partial charge in [0.1, 0.15) is 17.1 Å². The van der Waals surface area contributed by atoms with Gasteiger partial charge in [-0.1, -0.05) is 30.3 Å². The molecule has 1 fully saturated rings. The largest absolute Gasteiger partial charge is 0.493 e. The summed E-state index contributed by atoms with van der Waals surface area (Å²) in [5, 5.41) is 1.00. The fourth-order valence-corrected chi connectivity index (χ4v) is 3.57. The van der Waals surface area contributed by atoms with Crippen LogP contribution in [0, 0.1) is 0 Å². The Morgan fingerprint density at radius 1 is 1.00 bits per heavy atom. The van der Waals surface area contributed by atoms with Crippen molar-refractivity contribution in [3.8, 4) is 5.75 Å². The van der Waals surface area contributed by atoms with Crippen LogP contribution in [0.1, 0.15) is 23.0 Å². The SMILES string of the molecule is CCOc1ccccc1C(=O)N1CCN(C(=O)/C=C/c2cc3ccccc3o2)CC1. The first-order valence-electron chi connectivity index (χ1n) is 10.1. The smallest absolute Gasteiger partial charge is 0.257 e. The molecule has 3 aromatic rings. The Hall–Kier alpha value is -3.54. The Morgan fingerprint density at radius 3 is 2.47 bits per heavy atom. The summed E-state index contributed by atoms with van der Waals surface area (Å²) in [7, 11) is 0. The van der Waals surface area contributed by atoms with E-state index >= 15 is 0 Å². The van der Waals surface area contributed by atoms with Crippen LogP contribution in [-0.2, 0) is 4.79 Å². The first-order valence-corrected chi connectivity index (χ1v) is 10.1. The predicted octanol–water partition coefficient (Wildman–Crippen LogP) is 3.83. The highest BCUT2D eigenvalue weighted by Gasteiger charge is 2.25. The summed E-state index contributed by atoms with van der Waals surface area (Å²) < 4.78 is 11.3. The van der Waals surface area contributed by atoms with Crippen molar-refractivity contribution in [2.24, 2.45) is 0 Å². The van der Waals surface area contributed by atoms with E-state index in [9.17, 15) is 9.59 Å². The van der Waals surface area contributed by atoms with Gasteiger partial charge < -0.3 is 19.0 Å². The third-order valence-electron chi connectivity index (χ3n) is 5.13. The van der Waals surface area contributed by atoms with E-state index in [1.807, 2.05) is 49.4 Å². The molecule has 0 N–H and O–H groups in total. The van der Waals surface area contributed by atoms with Gasteiger partial charge in [0.15, 0.2) is 0 Å². The van der Waals surface area contributed by atoms with Gasteiger partial charge in [0, 0.05) is 37.6 Å². The summed E-state index contributed by atoms with van der Waals surface area (Å²) in [4.78, 5) is 28.9. The van der Waals surface area contributed by atoms with Crippen LogP contribution < -0.4 is 4.74 Å². The molecular formula is C24H24N2O4. The second-order valence-corrected chi connectivity index (χ2v) is 7.07. The molecule has 0 atom stereocenters. The monoisotopic (exact) mass is 404 g/mol. The number of furan rings is 1. The van der Waals surface area contributed by atoms with E-state index in [4.69, 9.17) is 9.15 Å². The molecule has 2 amide bonds. The molecule has 2 heterocycles. The molecule has 154 valence electrons. The van der Waals surface area contributed by atoms with Crippen molar-refractivity contribution >= 4 is 28.9 Å². The number of fused-ring (bicyclic) bond motifs is 1. The fourth-order valence-electron chi connectivity index (χ4n) is 3.57. The Balaban J connectivity index is 1.36. The Kier molecular flexibility index (Phi) is 5.84. The number of rotatable bonds is 5. The summed E-state index contributed by atoms with van der Waals surface area (Å²) in [5.74, 6) is 1.09. The van der Waals surface area contributed by atoms with Crippen molar-refractivity contribution in [2.45, 2.75) is 6.92 Å². The topological polar surface area (TPSA) is 63.0 Å². The molecule has 1 aromatic heterocycles. The van der Waals surface area contributed by atoms with Crippen LogP contribution in [0.25, 0.3) is 17.0 Å². The van der Waals surface area contributed by atoms with Gasteiger partial charge in [0.2, 0.25) is 5.91 Å². The van der Waals surface area contributed by atoms with Gasteiger partial charge in [-0.25, -0.2) is 0 Å². The van der Waals surface area contributed by atoms with Crippen molar-refractivity contribution in [2.75, 3.05) is 32.8 Å². The molecule has 0 saturated carbocycles. The summed E-state index contributed by atoms with van der Waals surface area (Å²) in [6.07, 6.45) is 3.22. The molecule has 6 heteroatoms. The minimum absolute atomic E-state index is 0.0658. The number of ether oxygens (including phenoxy) is 1. The lowest BCUT2D eigenvalue weighted by Gasteiger charge is -2.34. The average molecular weight is 404 g/mol. The van der Waals surface area contributed by atoms with Crippen molar-refractivity contribution in [3.63, 3.8) is 0 Å². The zero-order chi connectivity index (χ0) is 20.9. The highest BCUT2D eigenvalue weighted by molar-refractivity contribution is 5.97.